The maximum atomic E-state index is 12.3. The SMILES string of the molecule is O=C(Nc1ccc(Cl)c(Cl)c1)N1CC2C3CCC(C3)C21. The summed E-state index contributed by atoms with van der Waals surface area (Å²) in [5.41, 5.74) is 0.705. The Balaban J connectivity index is 1.45. The lowest BCUT2D eigenvalue weighted by atomic mass is 9.77. The van der Waals surface area contributed by atoms with E-state index in [4.69, 9.17) is 23.2 Å². The van der Waals surface area contributed by atoms with E-state index in [1.54, 1.807) is 18.2 Å². The van der Waals surface area contributed by atoms with Crippen LogP contribution in [-0.2, 0) is 0 Å². The molecule has 0 spiro atoms. The summed E-state index contributed by atoms with van der Waals surface area (Å²) in [5, 5.41) is 3.89. The molecular formula is C15H16Cl2N2O. The van der Waals surface area contributed by atoms with Crippen molar-refractivity contribution in [3.8, 4) is 0 Å². The summed E-state index contributed by atoms with van der Waals surface area (Å²) in [5.74, 6) is 2.37. The van der Waals surface area contributed by atoms with Gasteiger partial charge in [-0.05, 0) is 49.3 Å². The Hall–Kier alpha value is -0.930. The third-order valence-corrected chi connectivity index (χ3v) is 5.98. The number of hydrogen-bond acceptors (Lipinski definition) is 1. The number of rotatable bonds is 1. The van der Waals surface area contributed by atoms with Crippen molar-refractivity contribution in [2.24, 2.45) is 17.8 Å². The number of fused-ring (bicyclic) bond motifs is 5. The second-order valence-corrected chi connectivity index (χ2v) is 7.01. The fourth-order valence-corrected chi connectivity index (χ4v) is 4.62. The lowest BCUT2D eigenvalue weighted by Gasteiger charge is -2.50. The second kappa shape index (κ2) is 4.54. The van der Waals surface area contributed by atoms with Crippen molar-refractivity contribution in [1.82, 2.24) is 4.90 Å². The molecule has 0 aromatic heterocycles. The molecule has 1 aliphatic heterocycles. The molecule has 1 aromatic carbocycles. The van der Waals surface area contributed by atoms with Crippen LogP contribution in [0.15, 0.2) is 18.2 Å². The number of halogens is 2. The zero-order chi connectivity index (χ0) is 13.9. The third kappa shape index (κ3) is 1.83. The van der Waals surface area contributed by atoms with E-state index in [-0.39, 0.29) is 6.03 Å². The molecule has 2 aliphatic carbocycles. The van der Waals surface area contributed by atoms with Crippen LogP contribution in [0.5, 0.6) is 0 Å². The average molecular weight is 311 g/mol. The van der Waals surface area contributed by atoms with Crippen LogP contribution in [0.3, 0.4) is 0 Å². The van der Waals surface area contributed by atoms with Gasteiger partial charge in [-0.1, -0.05) is 23.2 Å². The minimum Gasteiger partial charge on any atom is -0.321 e. The molecule has 3 nitrogen and oxygen atoms in total. The van der Waals surface area contributed by atoms with E-state index in [0.29, 0.717) is 21.8 Å². The number of nitrogens with zero attached hydrogens (tertiary/aromatic N) is 1. The van der Waals surface area contributed by atoms with Gasteiger partial charge in [0.15, 0.2) is 0 Å². The Kier molecular flexibility index (Phi) is 2.90. The van der Waals surface area contributed by atoms with Gasteiger partial charge in [-0.25, -0.2) is 4.79 Å². The molecule has 1 aromatic rings. The highest BCUT2D eigenvalue weighted by atomic mass is 35.5. The number of nitrogens with one attached hydrogen (secondary N) is 1. The van der Waals surface area contributed by atoms with Crippen LogP contribution in [0.1, 0.15) is 19.3 Å². The number of hydrogen-bond donors (Lipinski definition) is 1. The summed E-state index contributed by atoms with van der Waals surface area (Å²) in [6, 6.07) is 5.66. The maximum Gasteiger partial charge on any atom is 0.322 e. The van der Waals surface area contributed by atoms with E-state index < -0.39 is 0 Å². The van der Waals surface area contributed by atoms with Crippen molar-refractivity contribution in [2.45, 2.75) is 25.3 Å². The fourth-order valence-electron chi connectivity index (χ4n) is 4.32. The van der Waals surface area contributed by atoms with Crippen molar-refractivity contribution >= 4 is 34.9 Å². The molecule has 20 heavy (non-hydrogen) atoms. The van der Waals surface area contributed by atoms with Gasteiger partial charge in [-0.2, -0.15) is 0 Å². The summed E-state index contributed by atoms with van der Waals surface area (Å²) in [6.45, 7) is 0.916. The molecule has 3 aliphatic rings. The highest BCUT2D eigenvalue weighted by Gasteiger charge is 2.57. The lowest BCUT2D eigenvalue weighted by molar-refractivity contribution is 0.0177. The summed E-state index contributed by atoms with van der Waals surface area (Å²) in [4.78, 5) is 14.3. The summed E-state index contributed by atoms with van der Waals surface area (Å²) < 4.78 is 0. The highest BCUT2D eigenvalue weighted by Crippen LogP contribution is 2.55. The van der Waals surface area contributed by atoms with Crippen LogP contribution in [0, 0.1) is 17.8 Å². The quantitative estimate of drug-likeness (QED) is 0.826. The molecule has 1 heterocycles. The largest absolute Gasteiger partial charge is 0.322 e. The first-order chi connectivity index (χ1) is 9.63. The Morgan fingerprint density at radius 1 is 1.20 bits per heavy atom. The van der Waals surface area contributed by atoms with E-state index >= 15 is 0 Å². The molecule has 1 N–H and O–H groups in total. The van der Waals surface area contributed by atoms with E-state index in [0.717, 1.165) is 24.3 Å². The van der Waals surface area contributed by atoms with Gasteiger partial charge in [-0.15, -0.1) is 0 Å². The van der Waals surface area contributed by atoms with Gasteiger partial charge in [0.25, 0.3) is 0 Å². The summed E-state index contributed by atoms with van der Waals surface area (Å²) in [7, 11) is 0. The van der Waals surface area contributed by atoms with Crippen molar-refractivity contribution < 1.29 is 4.79 Å². The second-order valence-electron chi connectivity index (χ2n) is 6.20. The monoisotopic (exact) mass is 310 g/mol. The van der Waals surface area contributed by atoms with Gasteiger partial charge in [-0.3, -0.25) is 0 Å². The number of benzene rings is 1. The van der Waals surface area contributed by atoms with Crippen LogP contribution in [0.2, 0.25) is 10.0 Å². The van der Waals surface area contributed by atoms with Gasteiger partial charge in [0.05, 0.1) is 10.0 Å². The average Bonchev–Trinajstić information content (AvgIpc) is 2.90. The molecule has 1 saturated heterocycles. The number of urea groups is 1. The minimum absolute atomic E-state index is 0.00260. The van der Waals surface area contributed by atoms with Gasteiger partial charge >= 0.3 is 6.03 Å². The first-order valence-electron chi connectivity index (χ1n) is 7.16. The topological polar surface area (TPSA) is 32.3 Å². The molecule has 4 rings (SSSR count). The molecule has 0 radical (unpaired) electrons. The van der Waals surface area contributed by atoms with Crippen LogP contribution in [0.25, 0.3) is 0 Å². The number of amides is 2. The molecule has 106 valence electrons. The number of carbonyl (C=O) groups is 1. The maximum absolute atomic E-state index is 12.3. The highest BCUT2D eigenvalue weighted by molar-refractivity contribution is 6.42. The first-order valence-corrected chi connectivity index (χ1v) is 7.92. The zero-order valence-corrected chi connectivity index (χ0v) is 12.5. The summed E-state index contributed by atoms with van der Waals surface area (Å²) in [6.07, 6.45) is 3.99. The summed E-state index contributed by atoms with van der Waals surface area (Å²) >= 11 is 11.8. The predicted molar refractivity (Wildman–Crippen MR) is 80.3 cm³/mol. The van der Waals surface area contributed by atoms with Crippen LogP contribution in [0.4, 0.5) is 10.5 Å². The van der Waals surface area contributed by atoms with Gasteiger partial charge in [0.1, 0.15) is 0 Å². The molecule has 2 amide bonds. The molecule has 5 heteroatoms. The van der Waals surface area contributed by atoms with Gasteiger partial charge in [0, 0.05) is 24.2 Å². The molecule has 2 bridgehead atoms. The Labute approximate surface area is 128 Å². The Bertz CT molecular complexity index is 575. The number of anilines is 1. The smallest absolute Gasteiger partial charge is 0.321 e. The molecule has 2 saturated carbocycles. The zero-order valence-electron chi connectivity index (χ0n) is 11.0. The molecule has 4 atom stereocenters. The Morgan fingerprint density at radius 3 is 2.75 bits per heavy atom. The predicted octanol–water partition coefficient (Wildman–Crippen LogP) is 4.26. The molecule has 3 fully saturated rings. The van der Waals surface area contributed by atoms with Crippen LogP contribution < -0.4 is 5.32 Å². The fraction of sp³-hybridized carbons (Fsp3) is 0.533. The van der Waals surface area contributed by atoms with Gasteiger partial charge in [0.2, 0.25) is 0 Å². The number of carbonyl (C=O) groups excluding carboxylic acids is 1. The first kappa shape index (κ1) is 12.8. The van der Waals surface area contributed by atoms with Crippen molar-refractivity contribution in [3.63, 3.8) is 0 Å². The van der Waals surface area contributed by atoms with E-state index in [1.807, 2.05) is 4.90 Å². The lowest BCUT2D eigenvalue weighted by Crippen LogP contribution is -2.61. The van der Waals surface area contributed by atoms with Crippen molar-refractivity contribution in [2.75, 3.05) is 11.9 Å². The van der Waals surface area contributed by atoms with E-state index in [1.165, 1.54) is 19.3 Å². The Morgan fingerprint density at radius 2 is 2.00 bits per heavy atom. The minimum atomic E-state index is -0.00260. The molecule has 4 unspecified atom stereocenters. The molecular weight excluding hydrogens is 295 g/mol. The van der Waals surface area contributed by atoms with E-state index in [2.05, 4.69) is 5.32 Å². The standard InChI is InChI=1S/C15H16Cl2N2O/c16-12-4-3-10(6-13(12)17)18-15(20)19-7-11-8-1-2-9(5-8)14(11)19/h3-4,6,8-9,11,14H,1-2,5,7H2,(H,18,20). The van der Waals surface area contributed by atoms with Crippen molar-refractivity contribution in [3.05, 3.63) is 28.2 Å². The number of likely N-dealkylation sites (tertiary alicyclic amines) is 1. The normalized spacial score (nSPS) is 33.8. The van der Waals surface area contributed by atoms with E-state index in [9.17, 15) is 4.79 Å². The van der Waals surface area contributed by atoms with Gasteiger partial charge < -0.3 is 10.2 Å². The third-order valence-electron chi connectivity index (χ3n) is 5.24. The van der Waals surface area contributed by atoms with Crippen LogP contribution >= 0.6 is 23.2 Å². The van der Waals surface area contributed by atoms with Crippen LogP contribution in [-0.4, -0.2) is 23.5 Å². The van der Waals surface area contributed by atoms with Crippen molar-refractivity contribution in [1.29, 1.82) is 0 Å².